The van der Waals surface area contributed by atoms with E-state index < -0.39 is 55.5 Å². The molecule has 2 aliphatic heterocycles. The van der Waals surface area contributed by atoms with E-state index in [1.54, 1.807) is 14.2 Å². The lowest BCUT2D eigenvalue weighted by atomic mass is 9.79. The summed E-state index contributed by atoms with van der Waals surface area (Å²) in [4.78, 5) is 27.7. The molecule has 4 aromatic rings. The molecule has 2 aliphatic rings. The molecule has 55 heavy (non-hydrogen) atoms. The molecule has 2 bridgehead atoms. The van der Waals surface area contributed by atoms with Gasteiger partial charge in [0.15, 0.2) is 6.23 Å². The van der Waals surface area contributed by atoms with Crippen LogP contribution < -0.4 is 20.7 Å². The number of benzene rings is 3. The van der Waals surface area contributed by atoms with Crippen molar-refractivity contribution in [3.63, 3.8) is 0 Å². The topological polar surface area (TPSA) is 147 Å². The quantitative estimate of drug-likeness (QED) is 0.0735. The number of hydrogen-bond acceptors (Lipinski definition) is 11. The molecule has 1 unspecified atom stereocenters. The van der Waals surface area contributed by atoms with Crippen molar-refractivity contribution in [1.82, 2.24) is 14.2 Å². The number of nitrogens with one attached hydrogen (secondary N) is 1. The highest BCUT2D eigenvalue weighted by Crippen LogP contribution is 2.57. The van der Waals surface area contributed by atoms with Gasteiger partial charge in [-0.05, 0) is 75.6 Å². The normalized spacial score (nSPS) is 21.9. The molecular weight excluding hydrogens is 723 g/mol. The van der Waals surface area contributed by atoms with E-state index in [-0.39, 0.29) is 31.7 Å². The second-order valence-electron chi connectivity index (χ2n) is 14.1. The van der Waals surface area contributed by atoms with Crippen molar-refractivity contribution < 1.29 is 32.7 Å². The fraction of sp³-hybridized carbons (Fsp3) is 0.439. The molecule has 13 nitrogen and oxygen atoms in total. The van der Waals surface area contributed by atoms with Crippen LogP contribution in [0.5, 0.6) is 11.5 Å². The molecule has 6 rings (SSSR count). The maximum atomic E-state index is 13.3. The first-order valence-electron chi connectivity index (χ1n) is 18.4. The summed E-state index contributed by atoms with van der Waals surface area (Å²) in [5.74, 6) is 1.37. The van der Waals surface area contributed by atoms with Crippen molar-refractivity contribution in [2.75, 3.05) is 27.4 Å². The second kappa shape index (κ2) is 17.2. The molecule has 2 fully saturated rings. The first kappa shape index (κ1) is 40.3. The Morgan fingerprint density at radius 1 is 0.909 bits per heavy atom. The van der Waals surface area contributed by atoms with Gasteiger partial charge in [-0.1, -0.05) is 54.6 Å². The lowest BCUT2D eigenvalue weighted by molar-refractivity contribution is -0.230. The molecule has 0 amide bonds. The van der Waals surface area contributed by atoms with Gasteiger partial charge in [0.05, 0.1) is 46.0 Å². The Balaban J connectivity index is 1.52. The predicted molar refractivity (Wildman–Crippen MR) is 207 cm³/mol. The van der Waals surface area contributed by atoms with Crippen LogP contribution in [0, 0.1) is 11.3 Å². The standard InChI is InChI=1S/C41H49N4O9P/c1-27(2)45(28(3)4)55(51-25-11-23-42)54-37-36-38(44-24-22-35(46)43-39(44)47)53-40(37,26-50-36)29(5)52-41(30-12-9-8-10-13-30,31-14-18-33(48-6)19-15-31)32-16-20-34(49-7)21-17-32/h8-10,12-22,24,27-29,36-38H,11,25-26H2,1-7H3,(H,43,46,47)/t29-,36-,37+,38+,40-,55?/m0/s1. The molecule has 292 valence electrons. The van der Waals surface area contributed by atoms with Gasteiger partial charge in [-0.2, -0.15) is 5.26 Å². The van der Waals surface area contributed by atoms with Crippen LogP contribution in [0.4, 0.5) is 0 Å². The third-order valence-corrected chi connectivity index (χ3v) is 12.2. The zero-order chi connectivity index (χ0) is 39.3. The van der Waals surface area contributed by atoms with Gasteiger partial charge in [0.1, 0.15) is 34.9 Å². The van der Waals surface area contributed by atoms with E-state index in [4.69, 9.17) is 32.7 Å². The highest BCUT2D eigenvalue weighted by Gasteiger charge is 2.68. The van der Waals surface area contributed by atoms with E-state index in [1.807, 2.05) is 85.8 Å². The highest BCUT2D eigenvalue weighted by molar-refractivity contribution is 7.44. The lowest BCUT2D eigenvalue weighted by Gasteiger charge is -2.44. The number of rotatable bonds is 17. The zero-order valence-corrected chi connectivity index (χ0v) is 33.1. The number of nitrogens with zero attached hydrogens (tertiary/aromatic N) is 3. The third-order valence-electron chi connectivity index (χ3n) is 10.1. The van der Waals surface area contributed by atoms with Crippen LogP contribution in [0.25, 0.3) is 0 Å². The average Bonchev–Trinajstić information content (AvgIpc) is 3.69. The lowest BCUT2D eigenvalue weighted by Crippen LogP contribution is -2.55. The molecule has 1 aromatic heterocycles. The van der Waals surface area contributed by atoms with E-state index in [2.05, 4.69) is 43.4 Å². The summed E-state index contributed by atoms with van der Waals surface area (Å²) in [6, 6.07) is 28.9. The van der Waals surface area contributed by atoms with Crippen LogP contribution in [-0.2, 0) is 28.9 Å². The SMILES string of the molecule is COc1ccc(C(O[C@@H](C)[C@]23CO[C@H]([C@H](n4ccc(=O)[nH]c4=O)O2)[C@H]3OP(OCCC#N)N(C(C)C)C(C)C)(c2ccccc2)c2ccc(OC)cc2)cc1. The Morgan fingerprint density at radius 2 is 1.49 bits per heavy atom. The van der Waals surface area contributed by atoms with Crippen LogP contribution in [0.3, 0.4) is 0 Å². The molecule has 3 aromatic carbocycles. The molecule has 0 saturated carbocycles. The maximum absolute atomic E-state index is 13.3. The Morgan fingerprint density at radius 3 is 2.02 bits per heavy atom. The largest absolute Gasteiger partial charge is 0.497 e. The second-order valence-corrected chi connectivity index (χ2v) is 15.5. The fourth-order valence-corrected chi connectivity index (χ4v) is 9.32. The maximum Gasteiger partial charge on any atom is 0.330 e. The Hall–Kier alpha value is -4.38. The van der Waals surface area contributed by atoms with Gasteiger partial charge in [-0.25, -0.2) is 9.46 Å². The van der Waals surface area contributed by atoms with Crippen molar-refractivity contribution >= 4 is 8.53 Å². The van der Waals surface area contributed by atoms with Crippen molar-refractivity contribution in [3.8, 4) is 17.6 Å². The van der Waals surface area contributed by atoms with E-state index in [1.165, 1.54) is 16.8 Å². The van der Waals surface area contributed by atoms with Gasteiger partial charge < -0.3 is 32.7 Å². The molecule has 0 radical (unpaired) electrons. The summed E-state index contributed by atoms with van der Waals surface area (Å²) in [7, 11) is 1.47. The van der Waals surface area contributed by atoms with Crippen LogP contribution >= 0.6 is 8.53 Å². The molecule has 14 heteroatoms. The summed E-state index contributed by atoms with van der Waals surface area (Å²) in [5.41, 5.74) is -1.22. The van der Waals surface area contributed by atoms with Crippen LogP contribution in [0.2, 0.25) is 0 Å². The number of hydrogen-bond donors (Lipinski definition) is 1. The molecule has 1 N–H and O–H groups in total. The first-order valence-corrected chi connectivity index (χ1v) is 19.5. The van der Waals surface area contributed by atoms with Gasteiger partial charge in [0, 0.05) is 24.3 Å². The van der Waals surface area contributed by atoms with Gasteiger partial charge in [-0.3, -0.25) is 14.3 Å². The minimum atomic E-state index is -1.78. The van der Waals surface area contributed by atoms with Gasteiger partial charge >= 0.3 is 5.69 Å². The number of ether oxygens (including phenoxy) is 5. The van der Waals surface area contributed by atoms with Crippen molar-refractivity contribution in [3.05, 3.63) is 129 Å². The average molecular weight is 773 g/mol. The van der Waals surface area contributed by atoms with Crippen LogP contribution in [0.15, 0.2) is 101 Å². The number of methoxy groups -OCH3 is 2. The van der Waals surface area contributed by atoms with E-state index >= 15 is 0 Å². The number of aromatic nitrogens is 2. The number of aromatic amines is 1. The van der Waals surface area contributed by atoms with E-state index in [9.17, 15) is 14.9 Å². The fourth-order valence-electron chi connectivity index (χ4n) is 7.52. The minimum absolute atomic E-state index is 0.0206. The summed E-state index contributed by atoms with van der Waals surface area (Å²) in [6.07, 6.45) is -1.80. The van der Waals surface area contributed by atoms with Crippen molar-refractivity contribution in [2.45, 2.75) is 88.9 Å². The van der Waals surface area contributed by atoms with E-state index in [0.29, 0.717) is 11.5 Å². The monoisotopic (exact) mass is 772 g/mol. The van der Waals surface area contributed by atoms with Gasteiger partial charge in [0.25, 0.3) is 14.1 Å². The molecule has 0 spiro atoms. The van der Waals surface area contributed by atoms with Crippen LogP contribution in [-0.4, -0.2) is 77.7 Å². The highest BCUT2D eigenvalue weighted by atomic mass is 31.2. The van der Waals surface area contributed by atoms with Crippen molar-refractivity contribution in [2.24, 2.45) is 0 Å². The Kier molecular flexibility index (Phi) is 12.6. The van der Waals surface area contributed by atoms with E-state index in [0.717, 1.165) is 16.7 Å². The summed E-state index contributed by atoms with van der Waals surface area (Å²) < 4.78 is 49.0. The van der Waals surface area contributed by atoms with Crippen molar-refractivity contribution in [1.29, 1.82) is 5.26 Å². The number of nitriles is 1. The summed E-state index contributed by atoms with van der Waals surface area (Å²) >= 11 is 0. The first-order chi connectivity index (χ1) is 26.5. The Bertz CT molecular complexity index is 1980. The Labute approximate surface area is 322 Å². The van der Waals surface area contributed by atoms with Crippen LogP contribution in [0.1, 0.15) is 64.0 Å². The minimum Gasteiger partial charge on any atom is -0.497 e. The summed E-state index contributed by atoms with van der Waals surface area (Å²) in [5, 5.41) is 9.38. The molecule has 6 atom stereocenters. The molecule has 2 saturated heterocycles. The van der Waals surface area contributed by atoms with Gasteiger partial charge in [-0.15, -0.1) is 0 Å². The number of fused-ring (bicyclic) bond motifs is 2. The van der Waals surface area contributed by atoms with Gasteiger partial charge in [0.2, 0.25) is 0 Å². The zero-order valence-electron chi connectivity index (χ0n) is 32.2. The summed E-state index contributed by atoms with van der Waals surface area (Å²) in [6.45, 7) is 10.4. The smallest absolute Gasteiger partial charge is 0.330 e. The molecule has 3 heterocycles. The molecular formula is C41H49N4O9P. The molecule has 0 aliphatic carbocycles. The predicted octanol–water partition coefficient (Wildman–Crippen LogP) is 6.28. The number of H-pyrrole nitrogens is 1. The third kappa shape index (κ3) is 7.86.